The van der Waals surface area contributed by atoms with Crippen molar-refractivity contribution in [1.29, 1.82) is 0 Å². The molecule has 0 aromatic carbocycles. The van der Waals surface area contributed by atoms with E-state index in [2.05, 4.69) is 6.92 Å². The Bertz CT molecular complexity index is 143. The summed E-state index contributed by atoms with van der Waals surface area (Å²) >= 11 is 0. The molecule has 0 rings (SSSR count). The Balaban J connectivity index is 3.67. The van der Waals surface area contributed by atoms with Crippen LogP contribution < -0.4 is 0 Å². The van der Waals surface area contributed by atoms with Gasteiger partial charge in [0, 0.05) is 6.42 Å². The molecule has 0 N–H and O–H groups in total. The molecule has 0 aromatic rings. The zero-order chi connectivity index (χ0) is 7.82. The molecule has 0 saturated carbocycles. The molecule has 0 unspecified atom stereocenters. The summed E-state index contributed by atoms with van der Waals surface area (Å²) in [6, 6.07) is 0. The van der Waals surface area contributed by atoms with Gasteiger partial charge in [-0.05, 0) is 13.3 Å². The minimum Gasteiger partial charge on any atom is -0.291 e. The van der Waals surface area contributed by atoms with Crippen LogP contribution in [0, 0.1) is 0 Å². The molecule has 0 fully saturated rings. The molecule has 1 radical (unpaired) electrons. The maximum absolute atomic E-state index is 9.86. The summed E-state index contributed by atoms with van der Waals surface area (Å²) in [4.78, 5) is 9.86. The number of carbonyl (C=O) groups excluding carboxylic acids is 1. The van der Waals surface area contributed by atoms with Crippen LogP contribution in [0.4, 0.5) is 0 Å². The Morgan fingerprint density at radius 1 is 1.60 bits per heavy atom. The molecule has 0 aromatic heterocycles. The fourth-order valence-corrected chi connectivity index (χ4v) is 0.541. The summed E-state index contributed by atoms with van der Waals surface area (Å²) in [5, 5.41) is 0. The van der Waals surface area contributed by atoms with Crippen molar-refractivity contribution in [1.82, 2.24) is 0 Å². The lowest BCUT2D eigenvalue weighted by molar-refractivity contribution is 0.555. The normalized spacial score (nSPS) is 12.4. The van der Waals surface area contributed by atoms with Crippen LogP contribution in [-0.2, 0) is 4.79 Å². The third-order valence-electron chi connectivity index (χ3n) is 1.10. The van der Waals surface area contributed by atoms with Crippen molar-refractivity contribution in [3.63, 3.8) is 0 Å². The minimum atomic E-state index is 0.425. The first kappa shape index (κ1) is 9.15. The standard InChI is InChI=1S/C9H13O/c1-3-4-5-6-9(2)7-8-10/h4-6H,3,7H2,1-2H3/b5-4+,9-6+. The molecular formula is C9H13O. The molecule has 55 valence electrons. The predicted octanol–water partition coefficient (Wildman–Crippen LogP) is 2.40. The van der Waals surface area contributed by atoms with Crippen molar-refractivity contribution < 1.29 is 4.79 Å². The van der Waals surface area contributed by atoms with Crippen LogP contribution >= 0.6 is 0 Å². The Morgan fingerprint density at radius 2 is 2.30 bits per heavy atom. The molecule has 0 atom stereocenters. The van der Waals surface area contributed by atoms with Crippen LogP contribution in [0.5, 0.6) is 0 Å². The van der Waals surface area contributed by atoms with Gasteiger partial charge in [0.2, 0.25) is 6.29 Å². The van der Waals surface area contributed by atoms with Gasteiger partial charge in [0.15, 0.2) is 0 Å². The molecule has 0 heterocycles. The quantitative estimate of drug-likeness (QED) is 0.544. The summed E-state index contributed by atoms with van der Waals surface area (Å²) in [7, 11) is 0. The van der Waals surface area contributed by atoms with Gasteiger partial charge >= 0.3 is 0 Å². The SMILES string of the molecule is CC/C=C/C=C(\C)C[C]=O. The summed E-state index contributed by atoms with van der Waals surface area (Å²) < 4.78 is 0. The maximum atomic E-state index is 9.86. The predicted molar refractivity (Wildman–Crippen MR) is 43.5 cm³/mol. The molecule has 0 saturated heterocycles. The largest absolute Gasteiger partial charge is 0.291 e. The summed E-state index contributed by atoms with van der Waals surface area (Å²) in [6.07, 6.45) is 9.26. The van der Waals surface area contributed by atoms with Gasteiger partial charge in [0.25, 0.3) is 0 Å². The highest BCUT2D eigenvalue weighted by atomic mass is 16.1. The lowest BCUT2D eigenvalue weighted by atomic mass is 10.2. The van der Waals surface area contributed by atoms with Crippen molar-refractivity contribution in [2.75, 3.05) is 0 Å². The molecular weight excluding hydrogens is 124 g/mol. The average molecular weight is 137 g/mol. The van der Waals surface area contributed by atoms with E-state index in [1.54, 1.807) is 0 Å². The third-order valence-corrected chi connectivity index (χ3v) is 1.10. The third kappa shape index (κ3) is 5.29. The number of hydrogen-bond donors (Lipinski definition) is 0. The summed E-state index contributed by atoms with van der Waals surface area (Å²) in [6.45, 7) is 4.00. The van der Waals surface area contributed by atoms with Gasteiger partial charge in [-0.25, -0.2) is 0 Å². The van der Waals surface area contributed by atoms with E-state index in [1.807, 2.05) is 31.4 Å². The molecule has 0 spiro atoms. The van der Waals surface area contributed by atoms with Gasteiger partial charge in [-0.15, -0.1) is 0 Å². The van der Waals surface area contributed by atoms with Gasteiger partial charge in [-0.3, -0.25) is 4.79 Å². The smallest absolute Gasteiger partial charge is 0.202 e. The average Bonchev–Trinajstić information content (AvgIpc) is 1.89. The highest BCUT2D eigenvalue weighted by Gasteiger charge is 1.83. The van der Waals surface area contributed by atoms with Gasteiger partial charge in [0.1, 0.15) is 0 Å². The lowest BCUT2D eigenvalue weighted by Crippen LogP contribution is -1.75. The second kappa shape index (κ2) is 6.27. The fourth-order valence-electron chi connectivity index (χ4n) is 0.541. The van der Waals surface area contributed by atoms with E-state index in [9.17, 15) is 4.79 Å². The van der Waals surface area contributed by atoms with E-state index < -0.39 is 0 Å². The van der Waals surface area contributed by atoms with Crippen LogP contribution in [0.1, 0.15) is 26.7 Å². The molecule has 1 nitrogen and oxygen atoms in total. The molecule has 0 bridgehead atoms. The van der Waals surface area contributed by atoms with Crippen LogP contribution in [-0.4, -0.2) is 6.29 Å². The van der Waals surface area contributed by atoms with E-state index in [0.29, 0.717) is 6.42 Å². The minimum absolute atomic E-state index is 0.425. The van der Waals surface area contributed by atoms with Crippen LogP contribution in [0.25, 0.3) is 0 Å². The van der Waals surface area contributed by atoms with E-state index >= 15 is 0 Å². The first-order chi connectivity index (χ1) is 4.81. The Hall–Kier alpha value is -0.850. The van der Waals surface area contributed by atoms with Gasteiger partial charge in [0.05, 0.1) is 0 Å². The van der Waals surface area contributed by atoms with Crippen molar-refractivity contribution in [2.45, 2.75) is 26.7 Å². The fraction of sp³-hybridized carbons (Fsp3) is 0.444. The Labute approximate surface area is 62.4 Å². The van der Waals surface area contributed by atoms with Crippen molar-refractivity contribution in [2.24, 2.45) is 0 Å². The number of rotatable bonds is 4. The Morgan fingerprint density at radius 3 is 2.80 bits per heavy atom. The van der Waals surface area contributed by atoms with Crippen molar-refractivity contribution in [3.05, 3.63) is 23.8 Å². The van der Waals surface area contributed by atoms with Crippen LogP contribution in [0.15, 0.2) is 23.8 Å². The number of hydrogen-bond acceptors (Lipinski definition) is 1. The highest BCUT2D eigenvalue weighted by molar-refractivity contribution is 5.55. The van der Waals surface area contributed by atoms with Crippen molar-refractivity contribution >= 4 is 6.29 Å². The van der Waals surface area contributed by atoms with Crippen LogP contribution in [0.2, 0.25) is 0 Å². The van der Waals surface area contributed by atoms with E-state index in [0.717, 1.165) is 12.0 Å². The Kier molecular flexibility index (Phi) is 5.74. The molecule has 0 aliphatic rings. The first-order valence-electron chi connectivity index (χ1n) is 3.48. The summed E-state index contributed by atoms with van der Waals surface area (Å²) in [5.74, 6) is 0. The molecule has 10 heavy (non-hydrogen) atoms. The molecule has 0 aliphatic carbocycles. The van der Waals surface area contributed by atoms with E-state index in [4.69, 9.17) is 0 Å². The zero-order valence-electron chi connectivity index (χ0n) is 6.55. The molecule has 0 aliphatic heterocycles. The highest BCUT2D eigenvalue weighted by Crippen LogP contribution is 1.96. The van der Waals surface area contributed by atoms with Crippen LogP contribution in [0.3, 0.4) is 0 Å². The molecule has 1 heteroatoms. The van der Waals surface area contributed by atoms with E-state index in [-0.39, 0.29) is 0 Å². The molecule has 0 amide bonds. The topological polar surface area (TPSA) is 17.1 Å². The van der Waals surface area contributed by atoms with Crippen molar-refractivity contribution in [3.8, 4) is 0 Å². The number of allylic oxidation sites excluding steroid dienone is 4. The first-order valence-corrected chi connectivity index (χ1v) is 3.48. The summed E-state index contributed by atoms with van der Waals surface area (Å²) in [5.41, 5.74) is 1.06. The maximum Gasteiger partial charge on any atom is 0.202 e. The second-order valence-corrected chi connectivity index (χ2v) is 2.17. The van der Waals surface area contributed by atoms with Gasteiger partial charge in [-0.1, -0.05) is 30.7 Å². The van der Waals surface area contributed by atoms with Gasteiger partial charge < -0.3 is 0 Å². The second-order valence-electron chi connectivity index (χ2n) is 2.17. The van der Waals surface area contributed by atoms with Gasteiger partial charge in [-0.2, -0.15) is 0 Å². The van der Waals surface area contributed by atoms with E-state index in [1.165, 1.54) is 0 Å². The monoisotopic (exact) mass is 137 g/mol. The lowest BCUT2D eigenvalue weighted by Gasteiger charge is -1.86. The zero-order valence-corrected chi connectivity index (χ0v) is 6.55.